The summed E-state index contributed by atoms with van der Waals surface area (Å²) in [5.74, 6) is -0.178. The molecule has 1 aliphatic heterocycles. The number of carbonyl (C=O) groups excluding carboxylic acids is 1. The molecule has 3 heterocycles. The molecule has 3 N–H and O–H groups in total. The number of halogens is 1. The van der Waals surface area contributed by atoms with Gasteiger partial charge < -0.3 is 20.7 Å². The number of benzene rings is 1. The Hall–Kier alpha value is -3.69. The Labute approximate surface area is 179 Å². The summed E-state index contributed by atoms with van der Waals surface area (Å²) < 4.78 is 21.8. The number of amides is 2. The van der Waals surface area contributed by atoms with Gasteiger partial charge in [-0.05, 0) is 24.1 Å². The molecule has 0 radical (unpaired) electrons. The van der Waals surface area contributed by atoms with Gasteiger partial charge in [-0.2, -0.15) is 15.1 Å². The summed E-state index contributed by atoms with van der Waals surface area (Å²) >= 11 is 0. The van der Waals surface area contributed by atoms with Crippen molar-refractivity contribution in [3.63, 3.8) is 0 Å². The first-order chi connectivity index (χ1) is 15.0. The van der Waals surface area contributed by atoms with Crippen LogP contribution in [0.15, 0.2) is 36.7 Å². The lowest BCUT2D eigenvalue weighted by molar-refractivity contribution is 0.202. The standard InChI is InChI=1S/C21H24FN7O2/c1-2-3-9-31-20-25-17-13-28(21(30)26-18(17)19(23)27-20)11-14-5-6-15(16(22)10-14)12-29-8-4-7-24-29/h4-8,10H,2-3,9,11-13H2,1H3,(H,26,30)(H2,23,25,27). The van der Waals surface area contributed by atoms with Gasteiger partial charge in [0.2, 0.25) is 0 Å². The zero-order chi connectivity index (χ0) is 21.8. The second-order valence-corrected chi connectivity index (χ2v) is 7.33. The predicted octanol–water partition coefficient (Wildman–Crippen LogP) is 3.17. The zero-order valence-electron chi connectivity index (χ0n) is 17.2. The van der Waals surface area contributed by atoms with Gasteiger partial charge in [0.05, 0.1) is 25.4 Å². The first-order valence-corrected chi connectivity index (χ1v) is 10.1. The van der Waals surface area contributed by atoms with Crippen LogP contribution in [0.3, 0.4) is 0 Å². The fourth-order valence-corrected chi connectivity index (χ4v) is 3.30. The minimum atomic E-state index is -0.344. The van der Waals surface area contributed by atoms with Crippen LogP contribution in [-0.2, 0) is 19.6 Å². The van der Waals surface area contributed by atoms with Crippen LogP contribution in [0.2, 0.25) is 0 Å². The highest BCUT2D eigenvalue weighted by Crippen LogP contribution is 2.29. The molecular weight excluding hydrogens is 401 g/mol. The average Bonchev–Trinajstić information content (AvgIpc) is 3.25. The van der Waals surface area contributed by atoms with Crippen molar-refractivity contribution < 1.29 is 13.9 Å². The topological polar surface area (TPSA) is 111 Å². The van der Waals surface area contributed by atoms with Crippen molar-refractivity contribution in [2.24, 2.45) is 0 Å². The Bertz CT molecular complexity index is 1070. The predicted molar refractivity (Wildman–Crippen MR) is 113 cm³/mol. The maximum absolute atomic E-state index is 14.6. The summed E-state index contributed by atoms with van der Waals surface area (Å²) in [4.78, 5) is 22.6. The van der Waals surface area contributed by atoms with Crippen molar-refractivity contribution >= 4 is 17.5 Å². The molecule has 0 saturated carbocycles. The number of ether oxygens (including phenoxy) is 1. The number of hydrogen-bond acceptors (Lipinski definition) is 6. The van der Waals surface area contributed by atoms with E-state index in [2.05, 4.69) is 27.3 Å². The van der Waals surface area contributed by atoms with E-state index in [-0.39, 0.29) is 36.8 Å². The largest absolute Gasteiger partial charge is 0.463 e. The van der Waals surface area contributed by atoms with Crippen LogP contribution in [0, 0.1) is 5.82 Å². The fraction of sp³-hybridized carbons (Fsp3) is 0.333. The summed E-state index contributed by atoms with van der Waals surface area (Å²) in [6, 6.07) is 6.59. The molecule has 0 unspecified atom stereocenters. The molecule has 1 aliphatic rings. The molecule has 10 heteroatoms. The number of anilines is 2. The van der Waals surface area contributed by atoms with Crippen molar-refractivity contribution in [2.75, 3.05) is 17.7 Å². The van der Waals surface area contributed by atoms with E-state index in [0.29, 0.717) is 35.7 Å². The van der Waals surface area contributed by atoms with Crippen LogP contribution in [0.4, 0.5) is 20.7 Å². The van der Waals surface area contributed by atoms with E-state index in [1.165, 1.54) is 11.0 Å². The summed E-state index contributed by atoms with van der Waals surface area (Å²) in [6.07, 6.45) is 5.29. The van der Waals surface area contributed by atoms with E-state index in [4.69, 9.17) is 10.5 Å². The minimum absolute atomic E-state index is 0.165. The van der Waals surface area contributed by atoms with Gasteiger partial charge in [0.25, 0.3) is 0 Å². The summed E-state index contributed by atoms with van der Waals surface area (Å²) in [6.45, 7) is 3.34. The van der Waals surface area contributed by atoms with Gasteiger partial charge in [0.15, 0.2) is 5.82 Å². The Morgan fingerprint density at radius 3 is 2.90 bits per heavy atom. The average molecular weight is 425 g/mol. The number of rotatable bonds is 8. The van der Waals surface area contributed by atoms with E-state index in [1.54, 1.807) is 35.3 Å². The first kappa shape index (κ1) is 20.6. The van der Waals surface area contributed by atoms with Crippen LogP contribution in [0.25, 0.3) is 0 Å². The number of urea groups is 1. The van der Waals surface area contributed by atoms with E-state index in [0.717, 1.165) is 12.8 Å². The Morgan fingerprint density at radius 2 is 2.16 bits per heavy atom. The molecule has 9 nitrogen and oxygen atoms in total. The molecule has 0 spiro atoms. The highest BCUT2D eigenvalue weighted by Gasteiger charge is 2.27. The van der Waals surface area contributed by atoms with Crippen LogP contribution in [0.1, 0.15) is 36.6 Å². The van der Waals surface area contributed by atoms with Gasteiger partial charge in [-0.1, -0.05) is 25.5 Å². The Balaban J connectivity index is 1.47. The number of fused-ring (bicyclic) bond motifs is 1. The molecule has 2 aromatic heterocycles. The highest BCUT2D eigenvalue weighted by atomic mass is 19.1. The van der Waals surface area contributed by atoms with E-state index >= 15 is 0 Å². The third-order valence-electron chi connectivity index (χ3n) is 4.96. The number of aromatic nitrogens is 4. The van der Waals surface area contributed by atoms with Crippen molar-refractivity contribution in [1.82, 2.24) is 24.6 Å². The molecule has 4 rings (SSSR count). The van der Waals surface area contributed by atoms with Gasteiger partial charge in [-0.15, -0.1) is 0 Å². The maximum Gasteiger partial charge on any atom is 0.322 e. The van der Waals surface area contributed by atoms with Crippen LogP contribution in [0.5, 0.6) is 6.01 Å². The van der Waals surface area contributed by atoms with E-state index < -0.39 is 0 Å². The van der Waals surface area contributed by atoms with E-state index in [1.807, 2.05) is 0 Å². The first-order valence-electron chi connectivity index (χ1n) is 10.1. The third-order valence-corrected chi connectivity index (χ3v) is 4.96. The highest BCUT2D eigenvalue weighted by molar-refractivity contribution is 5.94. The normalized spacial score (nSPS) is 13.1. The van der Waals surface area contributed by atoms with Crippen molar-refractivity contribution in [3.8, 4) is 6.01 Å². The van der Waals surface area contributed by atoms with Crippen LogP contribution >= 0.6 is 0 Å². The second-order valence-electron chi connectivity index (χ2n) is 7.33. The van der Waals surface area contributed by atoms with Gasteiger partial charge >= 0.3 is 12.0 Å². The second kappa shape index (κ2) is 8.99. The van der Waals surface area contributed by atoms with Gasteiger partial charge in [-0.3, -0.25) is 4.68 Å². The van der Waals surface area contributed by atoms with Crippen molar-refractivity contribution in [2.45, 2.75) is 39.4 Å². The summed E-state index contributed by atoms with van der Waals surface area (Å²) in [7, 11) is 0. The molecule has 162 valence electrons. The molecule has 0 atom stereocenters. The van der Waals surface area contributed by atoms with Gasteiger partial charge in [-0.25, -0.2) is 9.18 Å². The number of nitrogens with two attached hydrogens (primary N) is 1. The quantitative estimate of drug-likeness (QED) is 0.536. The molecule has 0 saturated heterocycles. The molecule has 0 bridgehead atoms. The number of nitrogen functional groups attached to an aromatic ring is 1. The Kier molecular flexibility index (Phi) is 5.96. The third kappa shape index (κ3) is 4.73. The lowest BCUT2D eigenvalue weighted by atomic mass is 10.1. The SMILES string of the molecule is CCCCOc1nc(N)c2c(n1)CN(Cc1ccc(Cn3cccn3)c(F)c1)C(=O)N2. The molecule has 2 amide bonds. The van der Waals surface area contributed by atoms with Crippen LogP contribution in [-0.4, -0.2) is 37.3 Å². The summed E-state index contributed by atoms with van der Waals surface area (Å²) in [5, 5.41) is 6.82. The molecule has 0 fully saturated rings. The minimum Gasteiger partial charge on any atom is -0.463 e. The lowest BCUT2D eigenvalue weighted by Gasteiger charge is -2.29. The van der Waals surface area contributed by atoms with Crippen molar-refractivity contribution in [3.05, 3.63) is 59.3 Å². The number of unbranched alkanes of at least 4 members (excludes halogenated alkanes) is 1. The number of hydrogen-bond donors (Lipinski definition) is 2. The number of nitrogens with one attached hydrogen (secondary N) is 1. The van der Waals surface area contributed by atoms with E-state index in [9.17, 15) is 9.18 Å². The van der Waals surface area contributed by atoms with Crippen molar-refractivity contribution in [1.29, 1.82) is 0 Å². The molecule has 0 aliphatic carbocycles. The number of carbonyl (C=O) groups is 1. The monoisotopic (exact) mass is 425 g/mol. The lowest BCUT2D eigenvalue weighted by Crippen LogP contribution is -2.39. The van der Waals surface area contributed by atoms with Gasteiger partial charge in [0.1, 0.15) is 11.5 Å². The molecule has 31 heavy (non-hydrogen) atoms. The zero-order valence-corrected chi connectivity index (χ0v) is 17.2. The van der Waals surface area contributed by atoms with Crippen LogP contribution < -0.4 is 15.8 Å². The van der Waals surface area contributed by atoms with Gasteiger partial charge in [0, 0.05) is 24.5 Å². The molecular formula is C21H24FN7O2. The molecule has 1 aromatic carbocycles. The number of nitrogens with zero attached hydrogens (tertiary/aromatic N) is 5. The fourth-order valence-electron chi connectivity index (χ4n) is 3.30. The molecule has 3 aromatic rings. The summed E-state index contributed by atoms with van der Waals surface area (Å²) in [5.41, 5.74) is 8.13. The smallest absolute Gasteiger partial charge is 0.322 e. The Morgan fingerprint density at radius 1 is 1.29 bits per heavy atom. The maximum atomic E-state index is 14.6.